The maximum atomic E-state index is 13.6. The van der Waals surface area contributed by atoms with Crippen molar-refractivity contribution in [3.63, 3.8) is 0 Å². The molecule has 4 aromatic rings. The number of alkyl halides is 3. The van der Waals surface area contributed by atoms with E-state index in [0.717, 1.165) is 28.8 Å². The Morgan fingerprint density at radius 3 is 2.24 bits per heavy atom. The van der Waals surface area contributed by atoms with Gasteiger partial charge in [-0.1, -0.05) is 61.5 Å². The highest BCUT2D eigenvalue weighted by atomic mass is 19.4. The van der Waals surface area contributed by atoms with Crippen molar-refractivity contribution >= 4 is 23.3 Å². The molecule has 0 unspecified atom stereocenters. The van der Waals surface area contributed by atoms with Crippen LogP contribution in [0.15, 0.2) is 97.1 Å². The second-order valence-electron chi connectivity index (χ2n) is 12.6. The molecular weight excluding hydrogens is 633 g/mol. The summed E-state index contributed by atoms with van der Waals surface area (Å²) in [5.41, 5.74) is 3.75. The van der Waals surface area contributed by atoms with E-state index in [2.05, 4.69) is 51.9 Å². The van der Waals surface area contributed by atoms with Gasteiger partial charge in [0.2, 0.25) is 5.91 Å². The van der Waals surface area contributed by atoms with Crippen LogP contribution in [0.1, 0.15) is 30.5 Å². The predicted octanol–water partition coefficient (Wildman–Crippen LogP) is 7.30. The standard InChI is InChI=1S/C38H41F3N4O4/c1-25-21-45(26(2)24-46)36(47)20-30-19-33(43-37(48)42-32-15-13-31(14-16-32)38(39,40)41)17-18-34(30)49-35(25)23-44(3)22-27-9-11-29(12-10-27)28-7-5-4-6-8-28/h4-19,25-26,35,46H,20-24H2,1-3H3,(H2,42,43,48)/t25-,26-,35+/m1/s1. The fraction of sp³-hybridized carbons (Fsp3) is 0.316. The number of aliphatic hydroxyl groups is 1. The molecule has 0 radical (unpaired) electrons. The highest BCUT2D eigenvalue weighted by Crippen LogP contribution is 2.31. The van der Waals surface area contributed by atoms with E-state index in [1.807, 2.05) is 32.2 Å². The Bertz CT molecular complexity index is 1720. The number of carbonyl (C=O) groups is 2. The van der Waals surface area contributed by atoms with Crippen LogP contribution in [-0.4, -0.2) is 65.7 Å². The maximum absolute atomic E-state index is 13.6. The van der Waals surface area contributed by atoms with Gasteiger partial charge in [-0.25, -0.2) is 4.79 Å². The molecule has 0 saturated heterocycles. The van der Waals surface area contributed by atoms with Crippen LogP contribution in [0.5, 0.6) is 5.75 Å². The molecular formula is C38H41F3N4O4. The van der Waals surface area contributed by atoms with Crippen LogP contribution in [0.4, 0.5) is 29.3 Å². The van der Waals surface area contributed by atoms with Gasteiger partial charge in [-0.05, 0) is 73.1 Å². The largest absolute Gasteiger partial charge is 0.488 e. The zero-order valence-corrected chi connectivity index (χ0v) is 27.7. The van der Waals surface area contributed by atoms with E-state index < -0.39 is 23.8 Å². The molecule has 8 nitrogen and oxygen atoms in total. The minimum absolute atomic E-state index is 0.0151. The Hall–Kier alpha value is -4.87. The lowest BCUT2D eigenvalue weighted by Crippen LogP contribution is -2.47. The lowest BCUT2D eigenvalue weighted by atomic mass is 10.0. The average Bonchev–Trinajstić information content (AvgIpc) is 3.12. The van der Waals surface area contributed by atoms with E-state index in [1.54, 1.807) is 30.0 Å². The summed E-state index contributed by atoms with van der Waals surface area (Å²) < 4.78 is 45.3. The molecule has 3 amide bonds. The summed E-state index contributed by atoms with van der Waals surface area (Å²) in [6, 6.07) is 26.8. The van der Waals surface area contributed by atoms with Gasteiger partial charge in [0.15, 0.2) is 0 Å². The number of benzene rings is 4. The third kappa shape index (κ3) is 9.39. The van der Waals surface area contributed by atoms with Crippen molar-refractivity contribution in [2.24, 2.45) is 5.92 Å². The van der Waals surface area contributed by atoms with Gasteiger partial charge in [-0.2, -0.15) is 13.2 Å². The number of fused-ring (bicyclic) bond motifs is 1. The van der Waals surface area contributed by atoms with Gasteiger partial charge in [-0.3, -0.25) is 9.69 Å². The molecule has 0 aliphatic carbocycles. The quantitative estimate of drug-likeness (QED) is 0.173. The van der Waals surface area contributed by atoms with Gasteiger partial charge in [0, 0.05) is 42.5 Å². The molecule has 1 aliphatic rings. The summed E-state index contributed by atoms with van der Waals surface area (Å²) in [6.45, 7) is 5.27. The molecule has 3 atom stereocenters. The van der Waals surface area contributed by atoms with Crippen molar-refractivity contribution < 1.29 is 32.6 Å². The maximum Gasteiger partial charge on any atom is 0.416 e. The summed E-state index contributed by atoms with van der Waals surface area (Å²) >= 11 is 0. The van der Waals surface area contributed by atoms with Crippen molar-refractivity contribution in [2.45, 2.75) is 45.1 Å². The number of likely N-dealkylation sites (N-methyl/N-ethyl adjacent to an activating group) is 1. The molecule has 258 valence electrons. The van der Waals surface area contributed by atoms with Crippen molar-refractivity contribution in [3.8, 4) is 16.9 Å². The number of urea groups is 1. The van der Waals surface area contributed by atoms with Crippen LogP contribution in [0, 0.1) is 5.92 Å². The number of hydrogen-bond donors (Lipinski definition) is 3. The first-order valence-corrected chi connectivity index (χ1v) is 16.2. The first-order valence-electron chi connectivity index (χ1n) is 16.2. The SMILES string of the molecule is C[C@@H]1CN([C@H](C)CO)C(=O)Cc2cc(NC(=O)Nc3ccc(C(F)(F)F)cc3)ccc2O[C@H]1CN(C)Cc1ccc(-c2ccccc2)cc1. The normalized spacial score (nSPS) is 17.3. The second-order valence-corrected chi connectivity index (χ2v) is 12.6. The Labute approximate surface area is 284 Å². The van der Waals surface area contributed by atoms with Gasteiger partial charge in [-0.15, -0.1) is 0 Å². The van der Waals surface area contributed by atoms with E-state index in [0.29, 0.717) is 36.6 Å². The monoisotopic (exact) mass is 674 g/mol. The number of aliphatic hydroxyl groups excluding tert-OH is 1. The summed E-state index contributed by atoms with van der Waals surface area (Å²) in [5.74, 6) is 0.245. The molecule has 1 aliphatic heterocycles. The van der Waals surface area contributed by atoms with Crippen LogP contribution in [0.25, 0.3) is 11.1 Å². The minimum atomic E-state index is -4.48. The van der Waals surface area contributed by atoms with E-state index in [-0.39, 0.29) is 36.6 Å². The van der Waals surface area contributed by atoms with E-state index in [1.165, 1.54) is 12.1 Å². The molecule has 49 heavy (non-hydrogen) atoms. The molecule has 0 spiro atoms. The Kier molecular flexibility index (Phi) is 11.3. The van der Waals surface area contributed by atoms with Crippen LogP contribution >= 0.6 is 0 Å². The van der Waals surface area contributed by atoms with Crippen molar-refractivity contribution in [1.82, 2.24) is 9.80 Å². The molecule has 0 bridgehead atoms. The van der Waals surface area contributed by atoms with Gasteiger partial charge in [0.05, 0.1) is 24.6 Å². The summed E-state index contributed by atoms with van der Waals surface area (Å²) in [7, 11) is 2.02. The summed E-state index contributed by atoms with van der Waals surface area (Å²) in [5, 5.41) is 15.2. The van der Waals surface area contributed by atoms with Gasteiger partial charge in [0.25, 0.3) is 0 Å². The lowest BCUT2D eigenvalue weighted by molar-refractivity contribution is -0.137. The number of nitrogens with zero attached hydrogens (tertiary/aromatic N) is 2. The number of ether oxygens (including phenoxy) is 1. The zero-order chi connectivity index (χ0) is 35.1. The third-order valence-electron chi connectivity index (χ3n) is 8.65. The molecule has 3 N–H and O–H groups in total. The zero-order valence-electron chi connectivity index (χ0n) is 27.7. The molecule has 5 rings (SSSR count). The number of rotatable bonds is 9. The summed E-state index contributed by atoms with van der Waals surface area (Å²) in [6.07, 6.45) is -4.81. The van der Waals surface area contributed by atoms with Gasteiger partial charge < -0.3 is 25.4 Å². The topological polar surface area (TPSA) is 94.1 Å². The number of amides is 3. The number of nitrogens with one attached hydrogen (secondary N) is 2. The molecule has 4 aromatic carbocycles. The van der Waals surface area contributed by atoms with Crippen molar-refractivity contribution in [2.75, 3.05) is 37.4 Å². The van der Waals surface area contributed by atoms with Crippen LogP contribution < -0.4 is 15.4 Å². The average molecular weight is 675 g/mol. The fourth-order valence-corrected chi connectivity index (χ4v) is 5.88. The van der Waals surface area contributed by atoms with Gasteiger partial charge >= 0.3 is 12.2 Å². The Morgan fingerprint density at radius 1 is 0.959 bits per heavy atom. The molecule has 1 heterocycles. The predicted molar refractivity (Wildman–Crippen MR) is 184 cm³/mol. The second kappa shape index (κ2) is 15.6. The molecule has 0 aromatic heterocycles. The highest BCUT2D eigenvalue weighted by molar-refractivity contribution is 6.00. The Morgan fingerprint density at radius 2 is 1.59 bits per heavy atom. The van der Waals surface area contributed by atoms with Crippen molar-refractivity contribution in [3.05, 3.63) is 114 Å². The number of hydrogen-bond acceptors (Lipinski definition) is 5. The van der Waals surface area contributed by atoms with E-state index >= 15 is 0 Å². The Balaban J connectivity index is 1.31. The van der Waals surface area contributed by atoms with E-state index in [9.17, 15) is 27.9 Å². The van der Waals surface area contributed by atoms with E-state index in [4.69, 9.17) is 4.74 Å². The number of halogens is 3. The van der Waals surface area contributed by atoms with Crippen LogP contribution in [0.3, 0.4) is 0 Å². The van der Waals surface area contributed by atoms with Crippen LogP contribution in [0.2, 0.25) is 0 Å². The first kappa shape index (κ1) is 35.4. The molecule has 0 fully saturated rings. The lowest BCUT2D eigenvalue weighted by Gasteiger charge is -2.34. The summed E-state index contributed by atoms with van der Waals surface area (Å²) in [4.78, 5) is 30.2. The molecule has 0 saturated carbocycles. The van der Waals surface area contributed by atoms with Crippen molar-refractivity contribution in [1.29, 1.82) is 0 Å². The van der Waals surface area contributed by atoms with Gasteiger partial charge in [0.1, 0.15) is 11.9 Å². The number of anilines is 2. The number of carbonyl (C=O) groups excluding carboxylic acids is 2. The third-order valence-corrected chi connectivity index (χ3v) is 8.65. The minimum Gasteiger partial charge on any atom is -0.488 e. The van der Waals surface area contributed by atoms with Crippen LogP contribution in [-0.2, 0) is 23.9 Å². The molecule has 11 heteroatoms. The first-order chi connectivity index (χ1) is 23.4. The highest BCUT2D eigenvalue weighted by Gasteiger charge is 2.32. The fourth-order valence-electron chi connectivity index (χ4n) is 5.88. The smallest absolute Gasteiger partial charge is 0.416 e.